The van der Waals surface area contributed by atoms with Crippen LogP contribution < -0.4 is 10.1 Å². The number of fused-ring (bicyclic) bond motifs is 1. The quantitative estimate of drug-likeness (QED) is 0.557. The van der Waals surface area contributed by atoms with Gasteiger partial charge in [0.05, 0.1) is 4.70 Å². The summed E-state index contributed by atoms with van der Waals surface area (Å²) in [6.45, 7) is 0.931. The normalized spacial score (nSPS) is 11.3. The maximum Gasteiger partial charge on any atom is 0.414 e. The van der Waals surface area contributed by atoms with Gasteiger partial charge in [0.1, 0.15) is 11.9 Å². The molecule has 6 nitrogen and oxygen atoms in total. The van der Waals surface area contributed by atoms with Crippen molar-refractivity contribution >= 4 is 33.4 Å². The molecule has 7 heteroatoms. The van der Waals surface area contributed by atoms with Gasteiger partial charge in [-0.15, -0.1) is 11.3 Å². The van der Waals surface area contributed by atoms with Crippen molar-refractivity contribution in [1.29, 1.82) is 0 Å². The lowest BCUT2D eigenvalue weighted by Crippen LogP contribution is -2.16. The van der Waals surface area contributed by atoms with Crippen LogP contribution in [0.25, 0.3) is 10.1 Å². The van der Waals surface area contributed by atoms with Gasteiger partial charge in [0.2, 0.25) is 0 Å². The minimum Gasteiger partial charge on any atom is -0.484 e. The number of ether oxygens (including phenoxy) is 1. The van der Waals surface area contributed by atoms with Gasteiger partial charge in [0, 0.05) is 6.42 Å². The molecule has 3 rings (SSSR count). The van der Waals surface area contributed by atoms with Crippen LogP contribution in [0.1, 0.15) is 18.1 Å². The van der Waals surface area contributed by atoms with Crippen LogP contribution in [0.3, 0.4) is 0 Å². The molecule has 3 aromatic rings. The zero-order valence-electron chi connectivity index (χ0n) is 14.8. The van der Waals surface area contributed by atoms with E-state index in [0.29, 0.717) is 0 Å². The van der Waals surface area contributed by atoms with Gasteiger partial charge < -0.3 is 20.3 Å². The Bertz CT molecular complexity index is 866. The fourth-order valence-electron chi connectivity index (χ4n) is 2.45. The van der Waals surface area contributed by atoms with Crippen LogP contribution in [0, 0.1) is 0 Å². The van der Waals surface area contributed by atoms with Crippen LogP contribution >= 0.6 is 11.3 Å². The van der Waals surface area contributed by atoms with E-state index in [1.54, 1.807) is 11.3 Å². The third kappa shape index (κ3) is 6.09. The van der Waals surface area contributed by atoms with Crippen LogP contribution in [0.2, 0.25) is 0 Å². The van der Waals surface area contributed by atoms with E-state index in [1.807, 2.05) is 13.1 Å². The first-order valence-corrected chi connectivity index (χ1v) is 9.19. The van der Waals surface area contributed by atoms with E-state index in [4.69, 9.17) is 24.5 Å². The minimum atomic E-state index is -1.82. The Balaban J connectivity index is 0.000000380. The van der Waals surface area contributed by atoms with Gasteiger partial charge in [-0.3, -0.25) is 0 Å². The molecule has 1 heterocycles. The number of hydrogen-bond donors (Lipinski definition) is 3. The number of carboxylic acid groups (broad SMARTS) is 2. The molecule has 0 aliphatic heterocycles. The molecular formula is C20H21NO5S. The maximum absolute atomic E-state index is 9.10. The molecule has 0 saturated carbocycles. The Morgan fingerprint density at radius 3 is 2.37 bits per heavy atom. The fraction of sp³-hybridized carbons (Fsp3) is 0.200. The molecule has 0 spiro atoms. The number of thiophene rings is 1. The lowest BCUT2D eigenvalue weighted by molar-refractivity contribution is -0.159. The number of benzene rings is 2. The molecule has 0 radical (unpaired) electrons. The van der Waals surface area contributed by atoms with Gasteiger partial charge in [-0.05, 0) is 42.1 Å². The van der Waals surface area contributed by atoms with Crippen LogP contribution in [-0.4, -0.2) is 35.7 Å². The molecule has 0 bridgehead atoms. The highest BCUT2D eigenvalue weighted by Gasteiger charge is 2.14. The summed E-state index contributed by atoms with van der Waals surface area (Å²) in [5.41, 5.74) is 1.22. The SMILES string of the molecule is CNCCC(Oc1cccc2ccsc12)c1ccccc1.O=C(O)C(=O)O. The first kappa shape index (κ1) is 20.4. The molecule has 1 atom stereocenters. The first-order valence-electron chi connectivity index (χ1n) is 8.31. The van der Waals surface area contributed by atoms with E-state index in [1.165, 1.54) is 15.6 Å². The first-order chi connectivity index (χ1) is 13.0. The molecule has 3 N–H and O–H groups in total. The van der Waals surface area contributed by atoms with Gasteiger partial charge in [0.15, 0.2) is 0 Å². The van der Waals surface area contributed by atoms with Crippen molar-refractivity contribution in [3.63, 3.8) is 0 Å². The van der Waals surface area contributed by atoms with Crippen LogP contribution in [0.4, 0.5) is 0 Å². The lowest BCUT2D eigenvalue weighted by atomic mass is 10.1. The number of nitrogens with one attached hydrogen (secondary N) is 1. The van der Waals surface area contributed by atoms with Crippen molar-refractivity contribution < 1.29 is 24.5 Å². The van der Waals surface area contributed by atoms with Crippen LogP contribution in [0.5, 0.6) is 5.75 Å². The third-order valence-corrected chi connectivity index (χ3v) is 4.67. The third-order valence-electron chi connectivity index (χ3n) is 3.72. The van der Waals surface area contributed by atoms with E-state index in [0.717, 1.165) is 18.7 Å². The predicted octanol–water partition coefficient (Wildman–Crippen LogP) is 3.79. The van der Waals surface area contributed by atoms with Gasteiger partial charge in [-0.2, -0.15) is 0 Å². The van der Waals surface area contributed by atoms with Gasteiger partial charge >= 0.3 is 11.9 Å². The Morgan fingerprint density at radius 2 is 1.74 bits per heavy atom. The van der Waals surface area contributed by atoms with E-state index < -0.39 is 11.9 Å². The molecule has 0 fully saturated rings. The molecule has 142 valence electrons. The van der Waals surface area contributed by atoms with Crippen molar-refractivity contribution in [3.05, 3.63) is 65.5 Å². The van der Waals surface area contributed by atoms with Crippen LogP contribution in [-0.2, 0) is 9.59 Å². The largest absolute Gasteiger partial charge is 0.484 e. The van der Waals surface area contributed by atoms with E-state index in [9.17, 15) is 0 Å². The highest BCUT2D eigenvalue weighted by Crippen LogP contribution is 2.34. The lowest BCUT2D eigenvalue weighted by Gasteiger charge is -2.20. The monoisotopic (exact) mass is 387 g/mol. The standard InChI is InChI=1S/C18H19NOS.C2H2O4/c1-19-12-10-16(14-6-3-2-4-7-14)20-17-9-5-8-15-11-13-21-18(15)17;3-1(4)2(5)6/h2-9,11,13,16,19H,10,12H2,1H3;(H,3,4)(H,5,6). The van der Waals surface area contributed by atoms with E-state index in [2.05, 4.69) is 59.2 Å². The van der Waals surface area contributed by atoms with Crippen molar-refractivity contribution in [2.75, 3.05) is 13.6 Å². The molecular weight excluding hydrogens is 366 g/mol. The molecule has 27 heavy (non-hydrogen) atoms. The van der Waals surface area contributed by atoms with Crippen molar-refractivity contribution in [2.45, 2.75) is 12.5 Å². The smallest absolute Gasteiger partial charge is 0.414 e. The molecule has 0 aliphatic carbocycles. The average molecular weight is 387 g/mol. The Morgan fingerprint density at radius 1 is 1.04 bits per heavy atom. The summed E-state index contributed by atoms with van der Waals surface area (Å²) in [4.78, 5) is 18.2. The van der Waals surface area contributed by atoms with Gasteiger partial charge in [0.25, 0.3) is 0 Å². The average Bonchev–Trinajstić information content (AvgIpc) is 3.16. The minimum absolute atomic E-state index is 0.0753. The second-order valence-corrected chi connectivity index (χ2v) is 6.53. The molecule has 2 aromatic carbocycles. The second kappa shape index (κ2) is 10.3. The predicted molar refractivity (Wildman–Crippen MR) is 105 cm³/mol. The van der Waals surface area contributed by atoms with Crippen LogP contribution in [0.15, 0.2) is 60.0 Å². The summed E-state index contributed by atoms with van der Waals surface area (Å²) < 4.78 is 7.57. The zero-order valence-corrected chi connectivity index (χ0v) is 15.6. The molecule has 1 unspecified atom stereocenters. The van der Waals surface area contributed by atoms with E-state index in [-0.39, 0.29) is 6.10 Å². The van der Waals surface area contributed by atoms with Crippen molar-refractivity contribution in [2.24, 2.45) is 0 Å². The number of carbonyl (C=O) groups is 2. The zero-order chi connectivity index (χ0) is 19.6. The summed E-state index contributed by atoms with van der Waals surface area (Å²) in [5.74, 6) is -2.67. The summed E-state index contributed by atoms with van der Waals surface area (Å²) in [6.07, 6.45) is 1.02. The number of carboxylic acids is 2. The van der Waals surface area contributed by atoms with Gasteiger partial charge in [-0.25, -0.2) is 9.59 Å². The maximum atomic E-state index is 9.10. The van der Waals surface area contributed by atoms with Crippen molar-refractivity contribution in [1.82, 2.24) is 5.32 Å². The highest BCUT2D eigenvalue weighted by atomic mass is 32.1. The van der Waals surface area contributed by atoms with E-state index >= 15 is 0 Å². The number of rotatable bonds is 6. The Kier molecular flexibility index (Phi) is 7.79. The molecule has 0 aliphatic rings. The fourth-order valence-corrected chi connectivity index (χ4v) is 3.30. The van der Waals surface area contributed by atoms with Gasteiger partial charge in [-0.1, -0.05) is 42.5 Å². The highest BCUT2D eigenvalue weighted by molar-refractivity contribution is 7.17. The summed E-state index contributed by atoms with van der Waals surface area (Å²) in [5, 5.41) is 21.4. The second-order valence-electron chi connectivity index (χ2n) is 5.61. The molecule has 0 saturated heterocycles. The summed E-state index contributed by atoms with van der Waals surface area (Å²) in [7, 11) is 1.97. The summed E-state index contributed by atoms with van der Waals surface area (Å²) >= 11 is 1.73. The Hall–Kier alpha value is -2.90. The molecule has 1 aromatic heterocycles. The topological polar surface area (TPSA) is 95.9 Å². The molecule has 0 amide bonds. The number of hydrogen-bond acceptors (Lipinski definition) is 5. The Labute approximate surface area is 161 Å². The summed E-state index contributed by atoms with van der Waals surface area (Å²) in [6, 6.07) is 18.8. The number of aliphatic carboxylic acids is 2. The van der Waals surface area contributed by atoms with Crippen molar-refractivity contribution in [3.8, 4) is 5.75 Å².